The summed E-state index contributed by atoms with van der Waals surface area (Å²) in [6, 6.07) is 14.5. The van der Waals surface area contributed by atoms with Crippen LogP contribution in [0.1, 0.15) is 71.3 Å². The number of unbranched alkanes of at least 4 members (excludes halogenated alkanes) is 4. The summed E-state index contributed by atoms with van der Waals surface area (Å²) in [5, 5.41) is 11.1. The first-order valence-corrected chi connectivity index (χ1v) is 11.3. The van der Waals surface area contributed by atoms with E-state index >= 15 is 0 Å². The number of nitrogens with zero attached hydrogens (tertiary/aromatic N) is 1. The molecular formula is C26H38FNO. The Kier molecular flexibility index (Phi) is 9.83. The van der Waals surface area contributed by atoms with Crippen molar-refractivity contribution in [2.45, 2.75) is 71.3 Å². The van der Waals surface area contributed by atoms with Gasteiger partial charge in [0, 0.05) is 6.54 Å². The summed E-state index contributed by atoms with van der Waals surface area (Å²) < 4.78 is 13.1. The van der Waals surface area contributed by atoms with Gasteiger partial charge >= 0.3 is 0 Å². The van der Waals surface area contributed by atoms with Crippen LogP contribution in [-0.2, 0) is 5.60 Å². The second kappa shape index (κ2) is 12.1. The van der Waals surface area contributed by atoms with Crippen molar-refractivity contribution in [1.82, 2.24) is 4.90 Å². The number of rotatable bonds is 13. The summed E-state index contributed by atoms with van der Waals surface area (Å²) in [4.78, 5) is 2.52. The number of hydrogen-bond donors (Lipinski definition) is 1. The zero-order valence-corrected chi connectivity index (χ0v) is 18.5. The Morgan fingerprint density at radius 2 is 1.24 bits per heavy atom. The van der Waals surface area contributed by atoms with E-state index in [9.17, 15) is 9.50 Å². The Balaban J connectivity index is 1.97. The van der Waals surface area contributed by atoms with Gasteiger partial charge in [0.25, 0.3) is 0 Å². The van der Waals surface area contributed by atoms with E-state index in [1.807, 2.05) is 31.2 Å². The molecule has 0 bridgehead atoms. The normalized spacial score (nSPS) is 13.6. The molecule has 0 saturated heterocycles. The van der Waals surface area contributed by atoms with Crippen LogP contribution in [0.3, 0.4) is 0 Å². The van der Waals surface area contributed by atoms with Crippen LogP contribution in [0.25, 0.3) is 11.1 Å². The topological polar surface area (TPSA) is 23.5 Å². The van der Waals surface area contributed by atoms with E-state index in [4.69, 9.17) is 0 Å². The van der Waals surface area contributed by atoms with Gasteiger partial charge in [-0.3, -0.25) is 0 Å². The van der Waals surface area contributed by atoms with Crippen molar-refractivity contribution in [3.05, 3.63) is 59.9 Å². The fraction of sp³-hybridized carbons (Fsp3) is 0.538. The summed E-state index contributed by atoms with van der Waals surface area (Å²) in [6.45, 7) is 9.55. The summed E-state index contributed by atoms with van der Waals surface area (Å²) in [6.07, 6.45) is 8.20. The molecule has 0 fully saturated rings. The van der Waals surface area contributed by atoms with Crippen LogP contribution < -0.4 is 0 Å². The van der Waals surface area contributed by atoms with E-state index in [0.717, 1.165) is 42.7 Å². The molecule has 2 aromatic rings. The molecule has 3 heteroatoms. The van der Waals surface area contributed by atoms with Crippen molar-refractivity contribution in [1.29, 1.82) is 0 Å². The first-order valence-electron chi connectivity index (χ1n) is 11.3. The quantitative estimate of drug-likeness (QED) is 0.376. The van der Waals surface area contributed by atoms with Crippen molar-refractivity contribution >= 4 is 0 Å². The molecule has 0 amide bonds. The van der Waals surface area contributed by atoms with Crippen molar-refractivity contribution < 1.29 is 9.50 Å². The van der Waals surface area contributed by atoms with E-state index in [1.165, 1.54) is 50.7 Å². The van der Waals surface area contributed by atoms with E-state index in [2.05, 4.69) is 18.7 Å². The summed E-state index contributed by atoms with van der Waals surface area (Å²) in [7, 11) is 0. The number of halogens is 1. The van der Waals surface area contributed by atoms with E-state index in [-0.39, 0.29) is 5.82 Å². The molecule has 0 spiro atoms. The molecule has 1 N–H and O–H groups in total. The fourth-order valence-corrected chi connectivity index (χ4v) is 3.69. The van der Waals surface area contributed by atoms with Crippen LogP contribution in [-0.4, -0.2) is 29.6 Å². The molecule has 0 aliphatic carbocycles. The van der Waals surface area contributed by atoms with E-state index < -0.39 is 5.60 Å². The third-order valence-electron chi connectivity index (χ3n) is 5.75. The van der Waals surface area contributed by atoms with Gasteiger partial charge in [-0.25, -0.2) is 4.39 Å². The Labute approximate surface area is 176 Å². The lowest BCUT2D eigenvalue weighted by atomic mass is 9.90. The van der Waals surface area contributed by atoms with Gasteiger partial charge in [-0.2, -0.15) is 0 Å². The maximum Gasteiger partial charge on any atom is 0.123 e. The molecule has 2 aromatic carbocycles. The molecular weight excluding hydrogens is 361 g/mol. The van der Waals surface area contributed by atoms with Crippen molar-refractivity contribution in [2.24, 2.45) is 0 Å². The van der Waals surface area contributed by atoms with Crippen LogP contribution >= 0.6 is 0 Å². The van der Waals surface area contributed by atoms with Gasteiger partial charge in [0.1, 0.15) is 5.82 Å². The first kappa shape index (κ1) is 23.6. The van der Waals surface area contributed by atoms with Crippen LogP contribution in [0.15, 0.2) is 48.5 Å². The molecule has 29 heavy (non-hydrogen) atoms. The maximum absolute atomic E-state index is 13.1. The Morgan fingerprint density at radius 1 is 0.759 bits per heavy atom. The SMILES string of the molecule is CCCCCN(CCCCC)CCC(C)(O)c1ccc(-c2ccc(F)cc2)cc1. The highest BCUT2D eigenvalue weighted by molar-refractivity contribution is 5.63. The molecule has 2 rings (SSSR count). The molecule has 0 aliphatic rings. The van der Waals surface area contributed by atoms with Gasteiger partial charge in [-0.1, -0.05) is 75.9 Å². The average molecular weight is 400 g/mol. The second-order valence-electron chi connectivity index (χ2n) is 8.36. The lowest BCUT2D eigenvalue weighted by Gasteiger charge is -2.29. The Hall–Kier alpha value is -1.71. The van der Waals surface area contributed by atoms with Gasteiger partial charge < -0.3 is 10.0 Å². The molecule has 160 valence electrons. The van der Waals surface area contributed by atoms with E-state index in [0.29, 0.717) is 0 Å². The number of hydrogen-bond acceptors (Lipinski definition) is 2. The molecule has 0 aliphatic heterocycles. The highest BCUT2D eigenvalue weighted by atomic mass is 19.1. The van der Waals surface area contributed by atoms with Gasteiger partial charge in [-0.05, 0) is 68.1 Å². The van der Waals surface area contributed by atoms with Gasteiger partial charge in [0.05, 0.1) is 5.60 Å². The zero-order chi connectivity index (χ0) is 21.1. The first-order chi connectivity index (χ1) is 14.0. The predicted octanol–water partition coefficient (Wildman–Crippen LogP) is 6.77. The molecule has 2 nitrogen and oxygen atoms in total. The summed E-state index contributed by atoms with van der Waals surface area (Å²) in [5.74, 6) is -0.226. The monoisotopic (exact) mass is 399 g/mol. The number of benzene rings is 2. The van der Waals surface area contributed by atoms with Gasteiger partial charge in [0.15, 0.2) is 0 Å². The van der Waals surface area contributed by atoms with Crippen molar-refractivity contribution in [2.75, 3.05) is 19.6 Å². The van der Waals surface area contributed by atoms with Crippen LogP contribution in [0.5, 0.6) is 0 Å². The third kappa shape index (κ3) is 7.91. The zero-order valence-electron chi connectivity index (χ0n) is 18.5. The van der Waals surface area contributed by atoms with Gasteiger partial charge in [0.2, 0.25) is 0 Å². The van der Waals surface area contributed by atoms with Crippen molar-refractivity contribution in [3.63, 3.8) is 0 Å². The van der Waals surface area contributed by atoms with Crippen LogP contribution in [0.2, 0.25) is 0 Å². The lowest BCUT2D eigenvalue weighted by Crippen LogP contribution is -2.33. The van der Waals surface area contributed by atoms with Crippen LogP contribution in [0, 0.1) is 5.82 Å². The maximum atomic E-state index is 13.1. The fourth-order valence-electron chi connectivity index (χ4n) is 3.69. The lowest BCUT2D eigenvalue weighted by molar-refractivity contribution is 0.0354. The molecule has 1 unspecified atom stereocenters. The summed E-state index contributed by atoms with van der Waals surface area (Å²) in [5.41, 5.74) is 2.10. The second-order valence-corrected chi connectivity index (χ2v) is 8.36. The third-order valence-corrected chi connectivity index (χ3v) is 5.75. The predicted molar refractivity (Wildman–Crippen MR) is 122 cm³/mol. The number of aliphatic hydroxyl groups is 1. The molecule has 0 heterocycles. The smallest absolute Gasteiger partial charge is 0.123 e. The molecule has 0 radical (unpaired) electrons. The summed E-state index contributed by atoms with van der Waals surface area (Å²) >= 11 is 0. The Morgan fingerprint density at radius 3 is 1.72 bits per heavy atom. The molecule has 1 atom stereocenters. The minimum absolute atomic E-state index is 0.226. The highest BCUT2D eigenvalue weighted by Crippen LogP contribution is 2.28. The minimum atomic E-state index is -0.852. The van der Waals surface area contributed by atoms with Crippen LogP contribution in [0.4, 0.5) is 4.39 Å². The minimum Gasteiger partial charge on any atom is -0.385 e. The average Bonchev–Trinajstić information content (AvgIpc) is 2.72. The molecule has 0 saturated carbocycles. The highest BCUT2D eigenvalue weighted by Gasteiger charge is 2.24. The Bertz CT molecular complexity index is 684. The largest absolute Gasteiger partial charge is 0.385 e. The molecule has 0 aromatic heterocycles. The van der Waals surface area contributed by atoms with Crippen molar-refractivity contribution in [3.8, 4) is 11.1 Å². The standard InChI is InChI=1S/C26H38FNO/c1-4-6-8-19-28(20-9-7-5-2)21-18-26(3,29)24-14-10-22(11-15-24)23-12-16-25(27)17-13-23/h10-17,29H,4-9,18-21H2,1-3H3. The van der Waals surface area contributed by atoms with E-state index in [1.54, 1.807) is 12.1 Å². The van der Waals surface area contributed by atoms with Gasteiger partial charge in [-0.15, -0.1) is 0 Å².